The quantitative estimate of drug-likeness (QED) is 0.919. The number of anilines is 1. The van der Waals surface area contributed by atoms with Gasteiger partial charge in [-0.15, -0.1) is 0 Å². The number of para-hydroxylation sites is 1. The van der Waals surface area contributed by atoms with Crippen LogP contribution in [0.25, 0.3) is 0 Å². The highest BCUT2D eigenvalue weighted by molar-refractivity contribution is 7.91. The zero-order chi connectivity index (χ0) is 14.0. The molecule has 1 aromatic rings. The van der Waals surface area contributed by atoms with Crippen molar-refractivity contribution in [1.82, 2.24) is 5.32 Å². The van der Waals surface area contributed by atoms with Crippen LogP contribution in [-0.4, -0.2) is 40.1 Å². The topological polar surface area (TPSA) is 49.4 Å². The molecule has 0 bridgehead atoms. The van der Waals surface area contributed by atoms with Gasteiger partial charge in [0.2, 0.25) is 0 Å². The molecular formula is C13H19ClN2O2S. The van der Waals surface area contributed by atoms with Crippen LogP contribution in [0.1, 0.15) is 12.0 Å². The van der Waals surface area contributed by atoms with Crippen molar-refractivity contribution in [3.05, 3.63) is 28.8 Å². The minimum absolute atomic E-state index is 0.0144. The van der Waals surface area contributed by atoms with Gasteiger partial charge in [0.25, 0.3) is 0 Å². The summed E-state index contributed by atoms with van der Waals surface area (Å²) < 4.78 is 23.2. The van der Waals surface area contributed by atoms with Crippen molar-refractivity contribution < 1.29 is 8.42 Å². The maximum absolute atomic E-state index is 11.6. The minimum atomic E-state index is -2.89. The summed E-state index contributed by atoms with van der Waals surface area (Å²) in [6.45, 7) is 0.708. The third kappa shape index (κ3) is 3.22. The van der Waals surface area contributed by atoms with Crippen molar-refractivity contribution in [2.75, 3.05) is 30.5 Å². The van der Waals surface area contributed by atoms with Gasteiger partial charge >= 0.3 is 0 Å². The average molecular weight is 303 g/mol. The number of nitrogens with zero attached hydrogens (tertiary/aromatic N) is 1. The zero-order valence-electron chi connectivity index (χ0n) is 11.2. The second-order valence-electron chi connectivity index (χ2n) is 4.95. The van der Waals surface area contributed by atoms with Gasteiger partial charge in [-0.3, -0.25) is 0 Å². The van der Waals surface area contributed by atoms with Gasteiger partial charge in [0, 0.05) is 19.6 Å². The molecule has 2 rings (SSSR count). The number of hydrogen-bond donors (Lipinski definition) is 1. The Hall–Kier alpha value is -0.780. The molecule has 1 aliphatic rings. The number of rotatable bonds is 4. The summed E-state index contributed by atoms with van der Waals surface area (Å²) in [6, 6.07) is 5.78. The Kier molecular flexibility index (Phi) is 4.38. The third-order valence-electron chi connectivity index (χ3n) is 3.55. The Morgan fingerprint density at radius 1 is 1.47 bits per heavy atom. The Morgan fingerprint density at radius 2 is 2.21 bits per heavy atom. The molecule has 1 aliphatic heterocycles. The van der Waals surface area contributed by atoms with Crippen molar-refractivity contribution in [3.63, 3.8) is 0 Å². The van der Waals surface area contributed by atoms with Gasteiger partial charge in [-0.2, -0.15) is 0 Å². The van der Waals surface area contributed by atoms with Crippen LogP contribution in [0.4, 0.5) is 5.69 Å². The highest BCUT2D eigenvalue weighted by Crippen LogP contribution is 2.32. The van der Waals surface area contributed by atoms with E-state index in [4.69, 9.17) is 11.6 Å². The molecule has 106 valence electrons. The number of sulfone groups is 1. The van der Waals surface area contributed by atoms with Crippen LogP contribution in [-0.2, 0) is 16.4 Å². The molecule has 0 spiro atoms. The Balaban J connectivity index is 2.31. The molecule has 1 heterocycles. The summed E-state index contributed by atoms with van der Waals surface area (Å²) in [5, 5.41) is 3.78. The van der Waals surface area contributed by atoms with Crippen molar-refractivity contribution in [3.8, 4) is 0 Å². The highest BCUT2D eigenvalue weighted by atomic mass is 35.5. The molecule has 1 N–H and O–H groups in total. The average Bonchev–Trinajstić information content (AvgIpc) is 2.70. The molecule has 0 radical (unpaired) electrons. The van der Waals surface area contributed by atoms with Crippen molar-refractivity contribution >= 4 is 27.1 Å². The minimum Gasteiger partial charge on any atom is -0.369 e. The molecule has 1 unspecified atom stereocenters. The van der Waals surface area contributed by atoms with Gasteiger partial charge in [0.1, 0.15) is 0 Å². The molecule has 1 aromatic carbocycles. The van der Waals surface area contributed by atoms with E-state index in [1.165, 1.54) is 0 Å². The zero-order valence-corrected chi connectivity index (χ0v) is 12.8. The molecule has 1 atom stereocenters. The Morgan fingerprint density at radius 3 is 2.79 bits per heavy atom. The van der Waals surface area contributed by atoms with Crippen LogP contribution in [0.2, 0.25) is 5.02 Å². The fraction of sp³-hybridized carbons (Fsp3) is 0.538. The van der Waals surface area contributed by atoms with Gasteiger partial charge in [-0.1, -0.05) is 23.7 Å². The number of hydrogen-bond acceptors (Lipinski definition) is 4. The van der Waals surface area contributed by atoms with E-state index in [9.17, 15) is 8.42 Å². The first kappa shape index (κ1) is 14.6. The van der Waals surface area contributed by atoms with Crippen LogP contribution in [0.3, 0.4) is 0 Å². The normalized spacial score (nSPS) is 21.5. The fourth-order valence-electron chi connectivity index (χ4n) is 2.55. The van der Waals surface area contributed by atoms with Crippen LogP contribution in [0.5, 0.6) is 0 Å². The van der Waals surface area contributed by atoms with Crippen molar-refractivity contribution in [1.29, 1.82) is 0 Å². The van der Waals surface area contributed by atoms with E-state index in [1.807, 2.05) is 37.2 Å². The molecule has 0 aromatic heterocycles. The van der Waals surface area contributed by atoms with E-state index in [0.717, 1.165) is 11.3 Å². The van der Waals surface area contributed by atoms with Gasteiger partial charge < -0.3 is 10.2 Å². The van der Waals surface area contributed by atoms with Crippen LogP contribution in [0.15, 0.2) is 18.2 Å². The summed E-state index contributed by atoms with van der Waals surface area (Å²) >= 11 is 6.29. The molecule has 4 nitrogen and oxygen atoms in total. The number of nitrogens with one attached hydrogen (secondary N) is 1. The van der Waals surface area contributed by atoms with E-state index in [-0.39, 0.29) is 17.5 Å². The van der Waals surface area contributed by atoms with Gasteiger partial charge in [0.15, 0.2) is 9.84 Å². The second-order valence-corrected chi connectivity index (χ2v) is 7.58. The second kappa shape index (κ2) is 5.69. The van der Waals surface area contributed by atoms with Gasteiger partial charge in [-0.05, 0) is 25.1 Å². The third-order valence-corrected chi connectivity index (χ3v) is 5.60. The van der Waals surface area contributed by atoms with Gasteiger partial charge in [-0.25, -0.2) is 8.42 Å². The SMILES string of the molecule is CNCc1cccc(Cl)c1N(C)C1CCS(=O)(=O)C1. The van der Waals surface area contributed by atoms with Crippen LogP contribution < -0.4 is 10.2 Å². The smallest absolute Gasteiger partial charge is 0.152 e. The standard InChI is InChI=1S/C13H19ClN2O2S/c1-15-8-10-4-3-5-12(14)13(10)16(2)11-6-7-19(17,18)9-11/h3-5,11,15H,6-9H2,1-2H3. The molecular weight excluding hydrogens is 284 g/mol. The van der Waals surface area contributed by atoms with Gasteiger partial charge in [0.05, 0.1) is 22.2 Å². The largest absolute Gasteiger partial charge is 0.369 e. The lowest BCUT2D eigenvalue weighted by atomic mass is 10.1. The molecule has 19 heavy (non-hydrogen) atoms. The van der Waals surface area contributed by atoms with E-state index in [2.05, 4.69) is 5.32 Å². The Labute approximate surface area is 119 Å². The molecule has 0 saturated carbocycles. The molecule has 6 heteroatoms. The molecule has 1 fully saturated rings. The summed E-state index contributed by atoms with van der Waals surface area (Å²) in [5.74, 6) is 0.488. The number of benzene rings is 1. The monoisotopic (exact) mass is 302 g/mol. The predicted molar refractivity (Wildman–Crippen MR) is 79.7 cm³/mol. The summed E-state index contributed by atoms with van der Waals surface area (Å²) in [6.07, 6.45) is 0.670. The summed E-state index contributed by atoms with van der Waals surface area (Å²) in [4.78, 5) is 2.01. The van der Waals surface area contributed by atoms with Crippen molar-refractivity contribution in [2.45, 2.75) is 19.0 Å². The first-order chi connectivity index (χ1) is 8.94. The lowest BCUT2D eigenvalue weighted by Gasteiger charge is -2.29. The van der Waals surface area contributed by atoms with Crippen molar-refractivity contribution in [2.24, 2.45) is 0 Å². The highest BCUT2D eigenvalue weighted by Gasteiger charge is 2.32. The first-order valence-electron chi connectivity index (χ1n) is 6.30. The van der Waals surface area contributed by atoms with E-state index in [0.29, 0.717) is 18.0 Å². The maximum atomic E-state index is 11.6. The fourth-order valence-corrected chi connectivity index (χ4v) is 4.65. The summed E-state index contributed by atoms with van der Waals surface area (Å²) in [7, 11) is 0.915. The predicted octanol–water partition coefficient (Wildman–Crippen LogP) is 1.68. The summed E-state index contributed by atoms with van der Waals surface area (Å²) in [5.41, 5.74) is 2.02. The molecule has 0 amide bonds. The van der Waals surface area contributed by atoms with E-state index >= 15 is 0 Å². The molecule has 1 saturated heterocycles. The van der Waals surface area contributed by atoms with E-state index < -0.39 is 9.84 Å². The van der Waals surface area contributed by atoms with Crippen LogP contribution in [0, 0.1) is 0 Å². The lowest BCUT2D eigenvalue weighted by Crippen LogP contribution is -2.33. The molecule has 0 aliphatic carbocycles. The number of halogens is 1. The Bertz CT molecular complexity index is 560. The maximum Gasteiger partial charge on any atom is 0.152 e. The first-order valence-corrected chi connectivity index (χ1v) is 8.50. The van der Waals surface area contributed by atoms with Crippen LogP contribution >= 0.6 is 11.6 Å². The lowest BCUT2D eigenvalue weighted by molar-refractivity contribution is 0.600. The van der Waals surface area contributed by atoms with E-state index in [1.54, 1.807) is 0 Å².